The number of carbonyl (C=O) groups is 1. The normalized spacial score (nSPS) is 22.4. The first-order chi connectivity index (χ1) is 13.7. The van der Waals surface area contributed by atoms with Gasteiger partial charge >= 0.3 is 0 Å². The minimum absolute atomic E-state index is 0.0341. The quantitative estimate of drug-likeness (QED) is 0.806. The summed E-state index contributed by atoms with van der Waals surface area (Å²) in [7, 11) is 1.63. The maximum Gasteiger partial charge on any atom is 0.267 e. The number of oxime groups is 1. The minimum Gasteiger partial charge on any atom is -0.497 e. The number of aromatic nitrogens is 1. The van der Waals surface area contributed by atoms with Crippen LogP contribution in [0.5, 0.6) is 5.75 Å². The minimum atomic E-state index is -0.596. The summed E-state index contributed by atoms with van der Waals surface area (Å²) in [5.74, 6) is 1.50. The first-order valence-corrected chi connectivity index (χ1v) is 9.76. The van der Waals surface area contributed by atoms with Crippen LogP contribution in [0.15, 0.2) is 40.0 Å². The van der Waals surface area contributed by atoms with Gasteiger partial charge < -0.3 is 19.0 Å². The summed E-state index contributed by atoms with van der Waals surface area (Å²) in [4.78, 5) is 20.7. The Kier molecular flexibility index (Phi) is 5.32. The van der Waals surface area contributed by atoms with E-state index in [0.717, 1.165) is 54.2 Å². The van der Waals surface area contributed by atoms with Gasteiger partial charge in [0.1, 0.15) is 5.75 Å². The summed E-state index contributed by atoms with van der Waals surface area (Å²) >= 11 is 0. The average Bonchev–Trinajstić information content (AvgIpc) is 3.31. The van der Waals surface area contributed by atoms with Crippen molar-refractivity contribution < 1.29 is 18.9 Å². The van der Waals surface area contributed by atoms with Gasteiger partial charge in [-0.3, -0.25) is 4.79 Å². The lowest BCUT2D eigenvalue weighted by Gasteiger charge is -2.29. The molecule has 1 aromatic carbocycles. The Morgan fingerprint density at radius 3 is 2.75 bits per heavy atom. The van der Waals surface area contributed by atoms with E-state index in [2.05, 4.69) is 10.3 Å². The van der Waals surface area contributed by atoms with Gasteiger partial charge in [0.2, 0.25) is 6.10 Å². The van der Waals surface area contributed by atoms with Crippen LogP contribution in [0.1, 0.15) is 55.2 Å². The van der Waals surface area contributed by atoms with Gasteiger partial charge in [0.25, 0.3) is 5.91 Å². The maximum absolute atomic E-state index is 13.3. The largest absolute Gasteiger partial charge is 0.497 e. The average molecular weight is 383 g/mol. The third-order valence-corrected chi connectivity index (χ3v) is 5.38. The molecule has 2 aliphatic rings. The molecule has 0 spiro atoms. The summed E-state index contributed by atoms with van der Waals surface area (Å²) in [5.41, 5.74) is 2.55. The maximum atomic E-state index is 13.3. The number of hydrogen-bond donors (Lipinski definition) is 0. The van der Waals surface area contributed by atoms with E-state index < -0.39 is 6.10 Å². The van der Waals surface area contributed by atoms with Gasteiger partial charge in [0, 0.05) is 19.0 Å². The van der Waals surface area contributed by atoms with E-state index in [1.165, 1.54) is 0 Å². The number of carbonyl (C=O) groups excluding carboxylic acids is 1. The second-order valence-electron chi connectivity index (χ2n) is 7.33. The van der Waals surface area contributed by atoms with Crippen molar-refractivity contribution >= 4 is 11.6 Å². The van der Waals surface area contributed by atoms with Crippen LogP contribution in [0, 0.1) is 6.92 Å². The highest BCUT2D eigenvalue weighted by atomic mass is 16.6. The predicted molar refractivity (Wildman–Crippen MR) is 103 cm³/mol. The lowest BCUT2D eigenvalue weighted by molar-refractivity contribution is -0.145. The van der Waals surface area contributed by atoms with Crippen LogP contribution >= 0.6 is 0 Å². The van der Waals surface area contributed by atoms with Crippen molar-refractivity contribution in [2.24, 2.45) is 5.16 Å². The fraction of sp³-hybridized carbons (Fsp3) is 0.476. The molecule has 0 unspecified atom stereocenters. The highest BCUT2D eigenvalue weighted by Crippen LogP contribution is 2.32. The van der Waals surface area contributed by atoms with E-state index in [9.17, 15) is 4.79 Å². The molecular formula is C21H25N3O4. The fourth-order valence-corrected chi connectivity index (χ4v) is 3.86. The number of hydrogen-bond acceptors (Lipinski definition) is 6. The third-order valence-electron chi connectivity index (χ3n) is 5.38. The Morgan fingerprint density at radius 2 is 2.04 bits per heavy atom. The number of likely N-dealkylation sites (tertiary alicyclic amines) is 1. The molecule has 7 nitrogen and oxygen atoms in total. The van der Waals surface area contributed by atoms with E-state index in [-0.39, 0.29) is 11.9 Å². The summed E-state index contributed by atoms with van der Waals surface area (Å²) in [6.45, 7) is 2.59. The monoisotopic (exact) mass is 383 g/mol. The molecule has 1 fully saturated rings. The zero-order valence-corrected chi connectivity index (χ0v) is 16.3. The van der Waals surface area contributed by atoms with Crippen LogP contribution in [0.2, 0.25) is 0 Å². The Balaban J connectivity index is 1.48. The molecule has 148 valence electrons. The highest BCUT2D eigenvalue weighted by molar-refractivity contribution is 6.04. The van der Waals surface area contributed by atoms with Gasteiger partial charge in [-0.2, -0.15) is 0 Å². The second-order valence-corrected chi connectivity index (χ2v) is 7.33. The molecule has 1 saturated heterocycles. The van der Waals surface area contributed by atoms with Crippen molar-refractivity contribution in [2.75, 3.05) is 13.7 Å². The SMILES string of the molecule is COc1ccc(C2=NO[C@H](C(=O)N3CCCCC[C@H]3c3cc(C)no3)C2)cc1. The summed E-state index contributed by atoms with van der Waals surface area (Å²) < 4.78 is 10.7. The summed E-state index contributed by atoms with van der Waals surface area (Å²) in [6.07, 6.45) is 3.89. The van der Waals surface area contributed by atoms with Crippen LogP contribution in [0.3, 0.4) is 0 Å². The predicted octanol–water partition coefficient (Wildman–Crippen LogP) is 3.63. The lowest BCUT2D eigenvalue weighted by atomic mass is 10.0. The van der Waals surface area contributed by atoms with Gasteiger partial charge in [0.15, 0.2) is 5.76 Å². The van der Waals surface area contributed by atoms with Gasteiger partial charge in [-0.1, -0.05) is 23.2 Å². The smallest absolute Gasteiger partial charge is 0.267 e. The van der Waals surface area contributed by atoms with Gasteiger partial charge in [-0.05, 0) is 49.6 Å². The van der Waals surface area contributed by atoms with E-state index >= 15 is 0 Å². The van der Waals surface area contributed by atoms with Crippen LogP contribution < -0.4 is 4.74 Å². The third kappa shape index (κ3) is 3.74. The number of ether oxygens (including phenoxy) is 1. The van der Waals surface area contributed by atoms with Crippen molar-refractivity contribution in [3.8, 4) is 5.75 Å². The molecule has 0 aliphatic carbocycles. The molecule has 4 rings (SSSR count). The Morgan fingerprint density at radius 1 is 1.21 bits per heavy atom. The van der Waals surface area contributed by atoms with E-state index in [1.54, 1.807) is 7.11 Å². The topological polar surface area (TPSA) is 77.2 Å². The van der Waals surface area contributed by atoms with Crippen LogP contribution in [-0.4, -0.2) is 41.4 Å². The van der Waals surface area contributed by atoms with Crippen LogP contribution in [0.25, 0.3) is 0 Å². The van der Waals surface area contributed by atoms with Crippen LogP contribution in [0.4, 0.5) is 0 Å². The molecule has 1 aromatic heterocycles. The first-order valence-electron chi connectivity index (χ1n) is 9.76. The first kappa shape index (κ1) is 18.5. The van der Waals surface area contributed by atoms with Crippen molar-refractivity contribution in [1.29, 1.82) is 0 Å². The molecule has 1 amide bonds. The van der Waals surface area contributed by atoms with E-state index in [4.69, 9.17) is 14.1 Å². The molecule has 0 saturated carbocycles. The van der Waals surface area contributed by atoms with Crippen molar-refractivity contribution in [2.45, 2.75) is 51.2 Å². The number of aryl methyl sites for hydroxylation is 1. The second kappa shape index (κ2) is 8.04. The molecular weight excluding hydrogens is 358 g/mol. The fourth-order valence-electron chi connectivity index (χ4n) is 3.86. The van der Waals surface area contributed by atoms with Gasteiger partial charge in [-0.15, -0.1) is 0 Å². The number of rotatable bonds is 4. The highest BCUT2D eigenvalue weighted by Gasteiger charge is 2.37. The van der Waals surface area contributed by atoms with Gasteiger partial charge in [0.05, 0.1) is 24.6 Å². The Hall–Kier alpha value is -2.83. The van der Waals surface area contributed by atoms with Crippen LogP contribution in [-0.2, 0) is 9.63 Å². The molecule has 0 radical (unpaired) electrons. The molecule has 28 heavy (non-hydrogen) atoms. The molecule has 3 heterocycles. The number of amides is 1. The molecule has 2 atom stereocenters. The Bertz CT molecular complexity index is 859. The molecule has 0 N–H and O–H groups in total. The lowest BCUT2D eigenvalue weighted by Crippen LogP contribution is -2.41. The summed E-state index contributed by atoms with van der Waals surface area (Å²) in [5, 5.41) is 8.18. The summed E-state index contributed by atoms with van der Waals surface area (Å²) in [6, 6.07) is 9.45. The van der Waals surface area contributed by atoms with Gasteiger partial charge in [-0.25, -0.2) is 0 Å². The van der Waals surface area contributed by atoms with E-state index in [0.29, 0.717) is 13.0 Å². The standard InChI is InChI=1S/C21H25N3O4/c1-14-12-19(27-22-14)18-6-4-3-5-11-24(18)21(25)20-13-17(23-28-20)15-7-9-16(26-2)10-8-15/h7-10,12,18,20H,3-6,11,13H2,1-2H3/t18-,20-/m0/s1. The zero-order valence-electron chi connectivity index (χ0n) is 16.3. The zero-order chi connectivity index (χ0) is 19.5. The molecule has 2 aliphatic heterocycles. The number of methoxy groups -OCH3 is 1. The molecule has 2 aromatic rings. The molecule has 0 bridgehead atoms. The van der Waals surface area contributed by atoms with Crippen molar-refractivity contribution in [3.05, 3.63) is 47.3 Å². The number of benzene rings is 1. The number of nitrogens with zero attached hydrogens (tertiary/aromatic N) is 3. The van der Waals surface area contributed by atoms with Crippen molar-refractivity contribution in [1.82, 2.24) is 10.1 Å². The Labute approximate surface area is 164 Å². The molecule has 7 heteroatoms. The van der Waals surface area contributed by atoms with Crippen molar-refractivity contribution in [3.63, 3.8) is 0 Å². The van der Waals surface area contributed by atoms with E-state index in [1.807, 2.05) is 42.2 Å².